The second-order valence-corrected chi connectivity index (χ2v) is 4.09. The first-order valence-corrected chi connectivity index (χ1v) is 5.72. The molecule has 1 amide bonds. The monoisotopic (exact) mass is 218 g/mol. The SMILES string of the molecule is CCCCSC(=NO)C(C)C(=O)NC. The summed E-state index contributed by atoms with van der Waals surface area (Å²) in [5, 5.41) is 14.9. The van der Waals surface area contributed by atoms with Crippen LogP contribution in [0.4, 0.5) is 0 Å². The number of carbonyl (C=O) groups excluding carboxylic acids is 1. The van der Waals surface area contributed by atoms with E-state index in [1.807, 2.05) is 0 Å². The molecule has 0 saturated carbocycles. The van der Waals surface area contributed by atoms with Crippen molar-refractivity contribution in [3.8, 4) is 0 Å². The molecule has 1 unspecified atom stereocenters. The number of thioether (sulfide) groups is 1. The van der Waals surface area contributed by atoms with Crippen molar-refractivity contribution < 1.29 is 10.0 Å². The molecule has 4 nitrogen and oxygen atoms in total. The zero-order chi connectivity index (χ0) is 11.0. The third-order valence-electron chi connectivity index (χ3n) is 1.86. The van der Waals surface area contributed by atoms with Crippen LogP contribution in [0.5, 0.6) is 0 Å². The van der Waals surface area contributed by atoms with Crippen LogP contribution in [-0.2, 0) is 4.79 Å². The van der Waals surface area contributed by atoms with E-state index in [0.717, 1.165) is 18.6 Å². The van der Waals surface area contributed by atoms with E-state index < -0.39 is 0 Å². The van der Waals surface area contributed by atoms with Gasteiger partial charge < -0.3 is 10.5 Å². The van der Waals surface area contributed by atoms with Gasteiger partial charge in [0.25, 0.3) is 0 Å². The predicted octanol–water partition coefficient (Wildman–Crippen LogP) is 1.69. The molecule has 0 rings (SSSR count). The highest BCUT2D eigenvalue weighted by molar-refractivity contribution is 8.14. The topological polar surface area (TPSA) is 61.7 Å². The first kappa shape index (κ1) is 13.3. The van der Waals surface area contributed by atoms with Gasteiger partial charge in [-0.2, -0.15) is 0 Å². The van der Waals surface area contributed by atoms with Crippen molar-refractivity contribution in [2.45, 2.75) is 26.7 Å². The zero-order valence-electron chi connectivity index (χ0n) is 8.91. The minimum Gasteiger partial charge on any atom is -0.410 e. The average Bonchev–Trinajstić information content (AvgIpc) is 2.22. The van der Waals surface area contributed by atoms with Gasteiger partial charge in [0, 0.05) is 7.05 Å². The molecule has 5 heteroatoms. The number of rotatable bonds is 5. The Balaban J connectivity index is 4.07. The molecule has 0 fully saturated rings. The van der Waals surface area contributed by atoms with Crippen LogP contribution >= 0.6 is 11.8 Å². The normalized spacial score (nSPS) is 13.8. The molecule has 0 aromatic heterocycles. The fraction of sp³-hybridized carbons (Fsp3) is 0.778. The Morgan fingerprint density at radius 1 is 1.64 bits per heavy atom. The molecule has 0 bridgehead atoms. The number of nitrogens with zero attached hydrogens (tertiary/aromatic N) is 1. The highest BCUT2D eigenvalue weighted by atomic mass is 32.2. The quantitative estimate of drug-likeness (QED) is 0.243. The van der Waals surface area contributed by atoms with Gasteiger partial charge in [0.15, 0.2) is 0 Å². The van der Waals surface area contributed by atoms with Crippen LogP contribution in [-0.4, -0.2) is 29.0 Å². The van der Waals surface area contributed by atoms with E-state index in [9.17, 15) is 4.79 Å². The lowest BCUT2D eigenvalue weighted by atomic mass is 10.2. The maximum Gasteiger partial charge on any atom is 0.229 e. The minimum atomic E-state index is -0.369. The van der Waals surface area contributed by atoms with Crippen LogP contribution in [0.15, 0.2) is 5.16 Å². The fourth-order valence-corrected chi connectivity index (χ4v) is 1.95. The van der Waals surface area contributed by atoms with Crippen molar-refractivity contribution in [3.05, 3.63) is 0 Å². The zero-order valence-corrected chi connectivity index (χ0v) is 9.73. The predicted molar refractivity (Wildman–Crippen MR) is 59.8 cm³/mol. The van der Waals surface area contributed by atoms with Gasteiger partial charge in [-0.1, -0.05) is 18.5 Å². The van der Waals surface area contributed by atoms with Gasteiger partial charge in [-0.05, 0) is 19.1 Å². The Kier molecular flexibility index (Phi) is 7.28. The Morgan fingerprint density at radius 3 is 2.71 bits per heavy atom. The van der Waals surface area contributed by atoms with E-state index in [2.05, 4.69) is 17.4 Å². The Hall–Kier alpha value is -0.710. The molecule has 1 atom stereocenters. The molecule has 0 radical (unpaired) electrons. The van der Waals surface area contributed by atoms with E-state index in [4.69, 9.17) is 5.21 Å². The number of amides is 1. The van der Waals surface area contributed by atoms with Crippen LogP contribution < -0.4 is 5.32 Å². The summed E-state index contributed by atoms with van der Waals surface area (Å²) in [6, 6.07) is 0. The second kappa shape index (κ2) is 7.67. The molecule has 14 heavy (non-hydrogen) atoms. The first-order valence-electron chi connectivity index (χ1n) is 4.73. The lowest BCUT2D eigenvalue weighted by Gasteiger charge is -2.10. The third kappa shape index (κ3) is 4.50. The van der Waals surface area contributed by atoms with Crippen LogP contribution in [0.1, 0.15) is 26.7 Å². The van der Waals surface area contributed by atoms with E-state index in [0.29, 0.717) is 5.04 Å². The van der Waals surface area contributed by atoms with Gasteiger partial charge in [-0.3, -0.25) is 4.79 Å². The van der Waals surface area contributed by atoms with Crippen molar-refractivity contribution in [1.82, 2.24) is 5.32 Å². The third-order valence-corrected chi connectivity index (χ3v) is 3.08. The number of hydrogen-bond acceptors (Lipinski definition) is 4. The lowest BCUT2D eigenvalue weighted by Crippen LogP contribution is -2.29. The highest BCUT2D eigenvalue weighted by Crippen LogP contribution is 2.14. The standard InChI is InChI=1S/C9H18N2O2S/c1-4-5-6-14-9(11-13)7(2)8(12)10-3/h7,13H,4-6H2,1-3H3,(H,10,12). The molecule has 0 aliphatic rings. The smallest absolute Gasteiger partial charge is 0.229 e. The summed E-state index contributed by atoms with van der Waals surface area (Å²) in [7, 11) is 1.57. The van der Waals surface area contributed by atoms with Crippen LogP contribution in [0, 0.1) is 5.92 Å². The molecule has 0 aromatic rings. The maximum absolute atomic E-state index is 11.2. The van der Waals surface area contributed by atoms with Crippen molar-refractivity contribution in [1.29, 1.82) is 0 Å². The summed E-state index contributed by atoms with van der Waals surface area (Å²) in [6.45, 7) is 3.82. The highest BCUT2D eigenvalue weighted by Gasteiger charge is 2.18. The second-order valence-electron chi connectivity index (χ2n) is 2.98. The molecule has 0 spiro atoms. The van der Waals surface area contributed by atoms with Crippen LogP contribution in [0.2, 0.25) is 0 Å². The molecular weight excluding hydrogens is 200 g/mol. The number of oxime groups is 1. The summed E-state index contributed by atoms with van der Waals surface area (Å²) >= 11 is 1.44. The molecule has 0 aliphatic heterocycles. The van der Waals surface area contributed by atoms with Gasteiger partial charge in [-0.25, -0.2) is 0 Å². The summed E-state index contributed by atoms with van der Waals surface area (Å²) in [5.74, 6) is 0.394. The van der Waals surface area contributed by atoms with Crippen molar-refractivity contribution >= 4 is 22.7 Å². The number of unbranched alkanes of at least 4 members (excludes halogenated alkanes) is 1. The first-order chi connectivity index (χ1) is 6.67. The van der Waals surface area contributed by atoms with Gasteiger partial charge in [0.1, 0.15) is 5.04 Å². The van der Waals surface area contributed by atoms with Crippen molar-refractivity contribution in [3.63, 3.8) is 0 Å². The van der Waals surface area contributed by atoms with Crippen LogP contribution in [0.3, 0.4) is 0 Å². The average molecular weight is 218 g/mol. The molecule has 0 heterocycles. The molecule has 2 N–H and O–H groups in total. The largest absolute Gasteiger partial charge is 0.410 e. The van der Waals surface area contributed by atoms with Gasteiger partial charge >= 0.3 is 0 Å². The van der Waals surface area contributed by atoms with Gasteiger partial charge in [0.2, 0.25) is 5.91 Å². The molecule has 82 valence electrons. The number of nitrogens with one attached hydrogen (secondary N) is 1. The summed E-state index contributed by atoms with van der Waals surface area (Å²) in [5.41, 5.74) is 0. The van der Waals surface area contributed by atoms with E-state index in [-0.39, 0.29) is 11.8 Å². The molecule has 0 aliphatic carbocycles. The fourth-order valence-electron chi connectivity index (χ4n) is 0.890. The summed E-state index contributed by atoms with van der Waals surface area (Å²) in [4.78, 5) is 11.2. The van der Waals surface area contributed by atoms with Gasteiger partial charge in [-0.15, -0.1) is 11.8 Å². The number of hydrogen-bond donors (Lipinski definition) is 2. The van der Waals surface area contributed by atoms with E-state index in [1.165, 1.54) is 11.8 Å². The maximum atomic E-state index is 11.2. The summed E-state index contributed by atoms with van der Waals surface area (Å²) < 4.78 is 0. The molecule has 0 saturated heterocycles. The van der Waals surface area contributed by atoms with E-state index >= 15 is 0 Å². The van der Waals surface area contributed by atoms with Gasteiger partial charge in [0.05, 0.1) is 5.92 Å². The number of carbonyl (C=O) groups is 1. The van der Waals surface area contributed by atoms with Crippen molar-refractivity contribution in [2.24, 2.45) is 11.1 Å². The Bertz CT molecular complexity index is 207. The van der Waals surface area contributed by atoms with Crippen molar-refractivity contribution in [2.75, 3.05) is 12.8 Å². The minimum absolute atomic E-state index is 0.123. The Morgan fingerprint density at radius 2 is 2.29 bits per heavy atom. The molecular formula is C9H18N2O2S. The van der Waals surface area contributed by atoms with E-state index in [1.54, 1.807) is 14.0 Å². The summed E-state index contributed by atoms with van der Waals surface area (Å²) in [6.07, 6.45) is 2.16. The lowest BCUT2D eigenvalue weighted by molar-refractivity contribution is -0.122. The van der Waals surface area contributed by atoms with Crippen LogP contribution in [0.25, 0.3) is 0 Å². The Labute approximate surface area is 89.1 Å². The molecule has 0 aromatic carbocycles.